The van der Waals surface area contributed by atoms with Crippen LogP contribution in [0.3, 0.4) is 0 Å². The molecule has 0 radical (unpaired) electrons. The van der Waals surface area contributed by atoms with Crippen molar-refractivity contribution in [1.82, 2.24) is 10.6 Å². The third kappa shape index (κ3) is 18.6. The first kappa shape index (κ1) is 29.8. The maximum absolute atomic E-state index is 6.08. The van der Waals surface area contributed by atoms with Crippen LogP contribution in [0, 0.1) is 11.3 Å². The van der Waals surface area contributed by atoms with Gasteiger partial charge in [0.2, 0.25) is 0 Å². The van der Waals surface area contributed by atoms with Gasteiger partial charge in [0, 0.05) is 31.3 Å². The van der Waals surface area contributed by atoms with Crippen LogP contribution in [0.2, 0.25) is 0 Å². The molecule has 2 N–H and O–H groups in total. The smallest absolute Gasteiger partial charge is 0.0707 e. The van der Waals surface area contributed by atoms with Gasteiger partial charge in [-0.25, -0.2) is 0 Å². The van der Waals surface area contributed by atoms with Crippen LogP contribution in [0.1, 0.15) is 88.5 Å². The highest BCUT2D eigenvalue weighted by Gasteiger charge is 2.24. The molecule has 0 aromatic carbocycles. The zero-order valence-electron chi connectivity index (χ0n) is 22.0. The van der Waals surface area contributed by atoms with E-state index in [0.29, 0.717) is 30.6 Å². The van der Waals surface area contributed by atoms with E-state index in [2.05, 4.69) is 79.9 Å². The summed E-state index contributed by atoms with van der Waals surface area (Å²) in [5.41, 5.74) is 0.270. The molecule has 0 aromatic heterocycles. The van der Waals surface area contributed by atoms with Crippen LogP contribution in [-0.4, -0.2) is 63.3 Å². The molecule has 0 rings (SSSR count). The second-order valence-corrected chi connectivity index (χ2v) is 11.4. The highest BCUT2D eigenvalue weighted by molar-refractivity contribution is 4.81. The molecule has 0 aliphatic heterocycles. The monoisotopic (exact) mass is 430 g/mol. The molecule has 30 heavy (non-hydrogen) atoms. The number of ether oxygens (including phenoxy) is 3. The average Bonchev–Trinajstić information content (AvgIpc) is 2.61. The van der Waals surface area contributed by atoms with E-state index in [4.69, 9.17) is 14.2 Å². The van der Waals surface area contributed by atoms with Crippen LogP contribution in [0.4, 0.5) is 0 Å². The van der Waals surface area contributed by atoms with Crippen molar-refractivity contribution < 1.29 is 14.2 Å². The maximum atomic E-state index is 6.08. The molecule has 0 unspecified atom stereocenters. The summed E-state index contributed by atoms with van der Waals surface area (Å²) in [6.45, 7) is 27.7. The molecule has 1 atom stereocenters. The van der Waals surface area contributed by atoms with E-state index in [0.717, 1.165) is 52.2 Å². The van der Waals surface area contributed by atoms with Gasteiger partial charge in [-0.15, -0.1) is 0 Å². The highest BCUT2D eigenvalue weighted by Crippen LogP contribution is 2.22. The Hall–Kier alpha value is -0.200. The van der Waals surface area contributed by atoms with E-state index in [1.165, 1.54) is 0 Å². The second-order valence-electron chi connectivity index (χ2n) is 11.4. The first-order chi connectivity index (χ1) is 13.7. The molecule has 0 bridgehead atoms. The van der Waals surface area contributed by atoms with E-state index in [-0.39, 0.29) is 11.1 Å². The predicted molar refractivity (Wildman–Crippen MR) is 129 cm³/mol. The number of hydrogen-bond donors (Lipinski definition) is 2. The second kappa shape index (κ2) is 14.8. The Labute approximate surface area is 188 Å². The topological polar surface area (TPSA) is 51.8 Å². The van der Waals surface area contributed by atoms with Gasteiger partial charge >= 0.3 is 0 Å². The molecular weight excluding hydrogens is 376 g/mol. The lowest BCUT2D eigenvalue weighted by Gasteiger charge is -2.32. The third-order valence-corrected chi connectivity index (χ3v) is 5.63. The predicted octanol–water partition coefficient (Wildman–Crippen LogP) is 5.03. The first-order valence-corrected chi connectivity index (χ1v) is 12.0. The van der Waals surface area contributed by atoms with Gasteiger partial charge in [0.1, 0.15) is 0 Å². The SMILES string of the molecule is CC(C)[C@H](C)NCCOCCOC(C)(C)CCC(C)(C)NCCOCCC(C)(C)C. The van der Waals surface area contributed by atoms with E-state index in [9.17, 15) is 0 Å². The molecule has 0 saturated carbocycles. The third-order valence-electron chi connectivity index (χ3n) is 5.63. The molecule has 0 heterocycles. The van der Waals surface area contributed by atoms with Gasteiger partial charge in [0.05, 0.1) is 32.0 Å². The van der Waals surface area contributed by atoms with Crippen LogP contribution < -0.4 is 10.6 Å². The Morgan fingerprint density at radius 2 is 1.27 bits per heavy atom. The van der Waals surface area contributed by atoms with Gasteiger partial charge < -0.3 is 24.8 Å². The maximum Gasteiger partial charge on any atom is 0.0707 e. The molecule has 0 saturated heterocycles. The standard InChI is InChI=1S/C25H54N2O3/c1-21(2)22(3)26-14-17-29-19-20-30-25(9,10)12-11-24(7,8)27-15-18-28-16-13-23(4,5)6/h21-22,26-27H,11-20H2,1-10H3/t22-/m0/s1. The molecule has 0 amide bonds. The summed E-state index contributed by atoms with van der Waals surface area (Å²) in [6.07, 6.45) is 3.16. The van der Waals surface area contributed by atoms with Crippen LogP contribution in [0.5, 0.6) is 0 Å². The average molecular weight is 431 g/mol. The number of rotatable bonds is 18. The summed E-state index contributed by atoms with van der Waals surface area (Å²) >= 11 is 0. The van der Waals surface area contributed by atoms with E-state index >= 15 is 0 Å². The normalized spacial score (nSPS) is 14.5. The van der Waals surface area contributed by atoms with Crippen LogP contribution in [0.15, 0.2) is 0 Å². The van der Waals surface area contributed by atoms with Crippen molar-refractivity contribution >= 4 is 0 Å². The summed E-state index contributed by atoms with van der Waals surface area (Å²) in [6, 6.07) is 0.524. The summed E-state index contributed by atoms with van der Waals surface area (Å²) in [7, 11) is 0. The molecule has 0 fully saturated rings. The van der Waals surface area contributed by atoms with Crippen molar-refractivity contribution in [3.05, 3.63) is 0 Å². The van der Waals surface area contributed by atoms with Gasteiger partial charge in [-0.3, -0.25) is 0 Å². The Balaban J connectivity index is 3.81. The van der Waals surface area contributed by atoms with Crippen LogP contribution in [-0.2, 0) is 14.2 Å². The molecule has 5 nitrogen and oxygen atoms in total. The van der Waals surface area contributed by atoms with E-state index in [1.54, 1.807) is 0 Å². The van der Waals surface area contributed by atoms with Crippen LogP contribution in [0.25, 0.3) is 0 Å². The first-order valence-electron chi connectivity index (χ1n) is 12.0. The van der Waals surface area contributed by atoms with Gasteiger partial charge in [0.15, 0.2) is 0 Å². The van der Waals surface area contributed by atoms with Crippen molar-refractivity contribution in [1.29, 1.82) is 0 Å². The summed E-state index contributed by atoms with van der Waals surface area (Å²) in [5, 5.41) is 7.10. The van der Waals surface area contributed by atoms with Gasteiger partial charge in [-0.2, -0.15) is 0 Å². The lowest BCUT2D eigenvalue weighted by atomic mass is 9.91. The van der Waals surface area contributed by atoms with Crippen molar-refractivity contribution in [2.24, 2.45) is 11.3 Å². The van der Waals surface area contributed by atoms with Gasteiger partial charge in [-0.1, -0.05) is 34.6 Å². The number of nitrogens with one attached hydrogen (secondary N) is 2. The molecule has 0 spiro atoms. The highest BCUT2D eigenvalue weighted by atomic mass is 16.5. The Morgan fingerprint density at radius 1 is 0.667 bits per heavy atom. The Morgan fingerprint density at radius 3 is 1.87 bits per heavy atom. The van der Waals surface area contributed by atoms with Crippen molar-refractivity contribution in [2.75, 3.05) is 46.1 Å². The Bertz CT molecular complexity index is 417. The molecule has 0 aromatic rings. The molecule has 182 valence electrons. The van der Waals surface area contributed by atoms with E-state index < -0.39 is 0 Å². The molecule has 0 aliphatic carbocycles. The van der Waals surface area contributed by atoms with Gasteiger partial charge in [-0.05, 0) is 65.2 Å². The van der Waals surface area contributed by atoms with Gasteiger partial charge in [0.25, 0.3) is 0 Å². The minimum absolute atomic E-state index is 0.0727. The summed E-state index contributed by atoms with van der Waals surface area (Å²) in [4.78, 5) is 0. The van der Waals surface area contributed by atoms with Crippen molar-refractivity contribution in [2.45, 2.75) is 106 Å². The zero-order valence-corrected chi connectivity index (χ0v) is 22.0. The fourth-order valence-corrected chi connectivity index (χ4v) is 2.79. The lowest BCUT2D eigenvalue weighted by Crippen LogP contribution is -2.43. The molecule has 0 aliphatic rings. The van der Waals surface area contributed by atoms with Crippen molar-refractivity contribution in [3.63, 3.8) is 0 Å². The fourth-order valence-electron chi connectivity index (χ4n) is 2.79. The fraction of sp³-hybridized carbons (Fsp3) is 1.00. The minimum atomic E-state index is -0.143. The lowest BCUT2D eigenvalue weighted by molar-refractivity contribution is -0.0536. The zero-order chi connectivity index (χ0) is 23.3. The summed E-state index contributed by atoms with van der Waals surface area (Å²) < 4.78 is 17.5. The van der Waals surface area contributed by atoms with Crippen LogP contribution >= 0.6 is 0 Å². The Kier molecular flexibility index (Phi) is 14.7. The molecular formula is C25H54N2O3. The quantitative estimate of drug-likeness (QED) is 0.299. The largest absolute Gasteiger partial charge is 0.380 e. The number of hydrogen-bond acceptors (Lipinski definition) is 5. The van der Waals surface area contributed by atoms with Crippen molar-refractivity contribution in [3.8, 4) is 0 Å². The van der Waals surface area contributed by atoms with E-state index in [1.807, 2.05) is 0 Å². The minimum Gasteiger partial charge on any atom is -0.380 e. The molecule has 5 heteroatoms. The summed E-state index contributed by atoms with van der Waals surface area (Å²) in [5.74, 6) is 0.647.